The van der Waals surface area contributed by atoms with Gasteiger partial charge < -0.3 is 9.47 Å². The monoisotopic (exact) mass is 230 g/mol. The third-order valence-electron chi connectivity index (χ3n) is 3.07. The molecular weight excluding hydrogens is 200 g/mol. The minimum Gasteiger partial charge on any atom is -0.381 e. The molecule has 0 N–H and O–H groups in total. The number of hydrogen-bond donors (Lipinski definition) is 0. The molecule has 2 nitrogen and oxygen atoms in total. The smallest absolute Gasteiger partial charge is 0.0544 e. The highest BCUT2D eigenvalue weighted by Gasteiger charge is 2.29. The Morgan fingerprint density at radius 2 is 1.31 bits per heavy atom. The fourth-order valence-electron chi connectivity index (χ4n) is 2.17. The Morgan fingerprint density at radius 3 is 1.69 bits per heavy atom. The van der Waals surface area contributed by atoms with Gasteiger partial charge in [-0.3, -0.25) is 0 Å². The first kappa shape index (κ1) is 15.9. The molecule has 2 heteroatoms. The average molecular weight is 230 g/mol. The molecule has 0 fully saturated rings. The molecular formula is C14H30O2. The minimum atomic E-state index is 0.261. The van der Waals surface area contributed by atoms with Gasteiger partial charge in [0.05, 0.1) is 13.2 Å². The molecule has 0 atom stereocenters. The van der Waals surface area contributed by atoms with Gasteiger partial charge in [-0.05, 0) is 26.7 Å². The van der Waals surface area contributed by atoms with Crippen LogP contribution in [0.5, 0.6) is 0 Å². The van der Waals surface area contributed by atoms with E-state index in [9.17, 15) is 0 Å². The first-order chi connectivity index (χ1) is 7.74. The van der Waals surface area contributed by atoms with Gasteiger partial charge in [-0.2, -0.15) is 0 Å². The predicted molar refractivity (Wildman–Crippen MR) is 69.9 cm³/mol. The molecule has 0 saturated carbocycles. The van der Waals surface area contributed by atoms with Gasteiger partial charge in [0.25, 0.3) is 0 Å². The van der Waals surface area contributed by atoms with Crippen LogP contribution in [0.1, 0.15) is 59.8 Å². The molecule has 0 radical (unpaired) electrons. The van der Waals surface area contributed by atoms with Crippen LogP contribution in [0, 0.1) is 5.41 Å². The Hall–Kier alpha value is -0.0800. The van der Waals surface area contributed by atoms with Crippen molar-refractivity contribution >= 4 is 0 Å². The minimum absolute atomic E-state index is 0.261. The summed E-state index contributed by atoms with van der Waals surface area (Å²) in [5.74, 6) is 0. The molecule has 0 unspecified atom stereocenters. The van der Waals surface area contributed by atoms with Crippen LogP contribution >= 0.6 is 0 Å². The van der Waals surface area contributed by atoms with Crippen LogP contribution in [0.2, 0.25) is 0 Å². The summed E-state index contributed by atoms with van der Waals surface area (Å²) in [5, 5.41) is 0. The van der Waals surface area contributed by atoms with Crippen LogP contribution in [0.4, 0.5) is 0 Å². The Bertz CT molecular complexity index is 124. The Morgan fingerprint density at radius 1 is 0.750 bits per heavy atom. The summed E-state index contributed by atoms with van der Waals surface area (Å²) in [6.07, 6.45) is 6.19. The molecule has 0 aliphatic carbocycles. The number of hydrogen-bond acceptors (Lipinski definition) is 2. The van der Waals surface area contributed by atoms with Crippen molar-refractivity contribution < 1.29 is 9.47 Å². The third-order valence-corrected chi connectivity index (χ3v) is 3.07. The molecule has 98 valence electrons. The van der Waals surface area contributed by atoms with E-state index in [1.54, 1.807) is 0 Å². The quantitative estimate of drug-likeness (QED) is 0.533. The summed E-state index contributed by atoms with van der Waals surface area (Å²) in [6.45, 7) is 12.0. The van der Waals surface area contributed by atoms with E-state index >= 15 is 0 Å². The topological polar surface area (TPSA) is 18.5 Å². The summed E-state index contributed by atoms with van der Waals surface area (Å²) in [7, 11) is 0. The van der Waals surface area contributed by atoms with Gasteiger partial charge in [-0.1, -0.05) is 33.1 Å². The lowest BCUT2D eigenvalue weighted by molar-refractivity contribution is -0.0279. The van der Waals surface area contributed by atoms with Crippen molar-refractivity contribution in [2.45, 2.75) is 59.8 Å². The summed E-state index contributed by atoms with van der Waals surface area (Å²) in [6, 6.07) is 0. The summed E-state index contributed by atoms with van der Waals surface area (Å²) < 4.78 is 11.3. The van der Waals surface area contributed by atoms with Crippen molar-refractivity contribution in [3.05, 3.63) is 0 Å². The van der Waals surface area contributed by atoms with Crippen LogP contribution in [0.15, 0.2) is 0 Å². The highest BCUT2D eigenvalue weighted by atomic mass is 16.5. The lowest BCUT2D eigenvalue weighted by Gasteiger charge is -2.33. The van der Waals surface area contributed by atoms with Crippen molar-refractivity contribution in [1.29, 1.82) is 0 Å². The maximum absolute atomic E-state index is 5.67. The van der Waals surface area contributed by atoms with E-state index in [1.807, 2.05) is 0 Å². The molecule has 0 aromatic rings. The Labute approximate surface area is 102 Å². The van der Waals surface area contributed by atoms with Gasteiger partial charge in [0.2, 0.25) is 0 Å². The van der Waals surface area contributed by atoms with Gasteiger partial charge >= 0.3 is 0 Å². The van der Waals surface area contributed by atoms with E-state index in [4.69, 9.17) is 9.47 Å². The molecule has 0 aliphatic rings. The SMILES string of the molecule is CCCCC(CCC)(COCC)COCC. The number of ether oxygens (including phenoxy) is 2. The fraction of sp³-hybridized carbons (Fsp3) is 1.00. The molecule has 0 aromatic heterocycles. The predicted octanol–water partition coefficient (Wildman–Crippen LogP) is 4.04. The van der Waals surface area contributed by atoms with Crippen molar-refractivity contribution in [3.63, 3.8) is 0 Å². The van der Waals surface area contributed by atoms with Gasteiger partial charge in [0.15, 0.2) is 0 Å². The summed E-state index contributed by atoms with van der Waals surface area (Å²) in [4.78, 5) is 0. The van der Waals surface area contributed by atoms with Crippen molar-refractivity contribution in [1.82, 2.24) is 0 Å². The molecule has 0 rings (SSSR count). The van der Waals surface area contributed by atoms with Crippen LogP contribution in [0.3, 0.4) is 0 Å². The Balaban J connectivity index is 4.32. The number of unbranched alkanes of at least 4 members (excludes halogenated alkanes) is 1. The lowest BCUT2D eigenvalue weighted by Crippen LogP contribution is -2.32. The molecule has 0 heterocycles. The molecule has 0 spiro atoms. The van der Waals surface area contributed by atoms with E-state index in [1.165, 1.54) is 32.1 Å². The zero-order chi connectivity index (χ0) is 12.3. The molecule has 0 aliphatic heterocycles. The van der Waals surface area contributed by atoms with Crippen molar-refractivity contribution in [3.8, 4) is 0 Å². The van der Waals surface area contributed by atoms with Gasteiger partial charge in [0.1, 0.15) is 0 Å². The third kappa shape index (κ3) is 6.49. The summed E-state index contributed by atoms with van der Waals surface area (Å²) in [5.41, 5.74) is 0.261. The first-order valence-electron chi connectivity index (χ1n) is 6.90. The Kier molecular flexibility index (Phi) is 10.0. The molecule has 0 amide bonds. The zero-order valence-electron chi connectivity index (χ0n) is 11.7. The second-order valence-corrected chi connectivity index (χ2v) is 4.63. The standard InChI is InChI=1S/C14H30O2/c1-5-9-11-14(10-6-2,12-15-7-3)13-16-8-4/h5-13H2,1-4H3. The van der Waals surface area contributed by atoms with Gasteiger partial charge in [-0.25, -0.2) is 0 Å². The number of rotatable bonds is 11. The first-order valence-corrected chi connectivity index (χ1v) is 6.90. The van der Waals surface area contributed by atoms with Crippen molar-refractivity contribution in [2.24, 2.45) is 5.41 Å². The lowest BCUT2D eigenvalue weighted by atomic mass is 9.80. The molecule has 0 bridgehead atoms. The molecule has 16 heavy (non-hydrogen) atoms. The molecule has 0 aromatic carbocycles. The average Bonchev–Trinajstić information content (AvgIpc) is 2.31. The van der Waals surface area contributed by atoms with E-state index in [0.29, 0.717) is 0 Å². The van der Waals surface area contributed by atoms with Crippen LogP contribution < -0.4 is 0 Å². The maximum Gasteiger partial charge on any atom is 0.0544 e. The normalized spacial score (nSPS) is 12.0. The van der Waals surface area contributed by atoms with Crippen molar-refractivity contribution in [2.75, 3.05) is 26.4 Å². The van der Waals surface area contributed by atoms with E-state index in [0.717, 1.165) is 26.4 Å². The van der Waals surface area contributed by atoms with E-state index < -0.39 is 0 Å². The highest BCUT2D eigenvalue weighted by Crippen LogP contribution is 2.31. The van der Waals surface area contributed by atoms with Crippen LogP contribution in [-0.2, 0) is 9.47 Å². The van der Waals surface area contributed by atoms with E-state index in [2.05, 4.69) is 27.7 Å². The van der Waals surface area contributed by atoms with Crippen LogP contribution in [-0.4, -0.2) is 26.4 Å². The maximum atomic E-state index is 5.67. The van der Waals surface area contributed by atoms with Gasteiger partial charge in [0, 0.05) is 18.6 Å². The van der Waals surface area contributed by atoms with E-state index in [-0.39, 0.29) is 5.41 Å². The largest absolute Gasteiger partial charge is 0.381 e. The second-order valence-electron chi connectivity index (χ2n) is 4.63. The van der Waals surface area contributed by atoms with Crippen LogP contribution in [0.25, 0.3) is 0 Å². The molecule has 0 saturated heterocycles. The fourth-order valence-corrected chi connectivity index (χ4v) is 2.17. The highest BCUT2D eigenvalue weighted by molar-refractivity contribution is 4.78. The second kappa shape index (κ2) is 10.1. The zero-order valence-corrected chi connectivity index (χ0v) is 11.7. The van der Waals surface area contributed by atoms with Gasteiger partial charge in [-0.15, -0.1) is 0 Å². The summed E-state index contributed by atoms with van der Waals surface area (Å²) >= 11 is 0.